The second kappa shape index (κ2) is 5.25. The molecule has 0 bridgehead atoms. The van der Waals surface area contributed by atoms with Gasteiger partial charge in [0.25, 0.3) is 0 Å². The largest absolute Gasteiger partial charge is 0.443 e. The van der Waals surface area contributed by atoms with Gasteiger partial charge in [0.15, 0.2) is 0 Å². The second-order valence-corrected chi connectivity index (χ2v) is 5.65. The molecule has 0 aliphatic carbocycles. The van der Waals surface area contributed by atoms with Crippen LogP contribution in [-0.4, -0.2) is 35.4 Å². The van der Waals surface area contributed by atoms with Crippen molar-refractivity contribution in [3.05, 3.63) is 0 Å². The second-order valence-electron chi connectivity index (χ2n) is 5.65. The van der Waals surface area contributed by atoms with Gasteiger partial charge in [-0.3, -0.25) is 0 Å². The third-order valence-corrected chi connectivity index (χ3v) is 1.33. The standard InChI is InChI=1S/C11H22N2O4/c1-10(2,3)16-8(14)12-13(7)9(15)17-11(4,5)6/h1-7H3,(H,12,14). The van der Waals surface area contributed by atoms with Gasteiger partial charge < -0.3 is 9.47 Å². The Hall–Kier alpha value is -1.46. The van der Waals surface area contributed by atoms with E-state index < -0.39 is 23.4 Å². The quantitative estimate of drug-likeness (QED) is 0.666. The highest BCUT2D eigenvalue weighted by molar-refractivity contribution is 5.74. The zero-order valence-electron chi connectivity index (χ0n) is 11.6. The van der Waals surface area contributed by atoms with Gasteiger partial charge in [0.05, 0.1) is 0 Å². The summed E-state index contributed by atoms with van der Waals surface area (Å²) in [7, 11) is 1.39. The van der Waals surface area contributed by atoms with Crippen LogP contribution in [0.15, 0.2) is 0 Å². The molecule has 0 spiro atoms. The first kappa shape index (κ1) is 15.5. The van der Waals surface area contributed by atoms with Crippen LogP contribution < -0.4 is 5.43 Å². The van der Waals surface area contributed by atoms with E-state index in [4.69, 9.17) is 9.47 Å². The number of nitrogens with one attached hydrogen (secondary N) is 1. The van der Waals surface area contributed by atoms with E-state index in [9.17, 15) is 9.59 Å². The Morgan fingerprint density at radius 3 is 1.71 bits per heavy atom. The maximum Gasteiger partial charge on any atom is 0.429 e. The molecule has 0 aliphatic rings. The van der Waals surface area contributed by atoms with Crippen molar-refractivity contribution in [3.8, 4) is 0 Å². The summed E-state index contributed by atoms with van der Waals surface area (Å²) in [4.78, 5) is 22.8. The van der Waals surface area contributed by atoms with E-state index in [1.54, 1.807) is 41.5 Å². The minimum atomic E-state index is -0.703. The molecule has 0 saturated heterocycles. The summed E-state index contributed by atoms with van der Waals surface area (Å²) in [6.07, 6.45) is -1.35. The van der Waals surface area contributed by atoms with Gasteiger partial charge in [-0.2, -0.15) is 0 Å². The van der Waals surface area contributed by atoms with Gasteiger partial charge >= 0.3 is 12.2 Å². The summed E-state index contributed by atoms with van der Waals surface area (Å²) in [6, 6.07) is 0. The van der Waals surface area contributed by atoms with E-state index in [1.807, 2.05) is 0 Å². The zero-order chi connectivity index (χ0) is 13.9. The van der Waals surface area contributed by atoms with Crippen LogP contribution in [0.2, 0.25) is 0 Å². The van der Waals surface area contributed by atoms with Crippen molar-refractivity contribution in [1.82, 2.24) is 10.4 Å². The predicted octanol–water partition coefficient (Wildman–Crippen LogP) is 2.29. The van der Waals surface area contributed by atoms with Crippen LogP contribution in [0.5, 0.6) is 0 Å². The first-order valence-electron chi connectivity index (χ1n) is 5.37. The van der Waals surface area contributed by atoms with Crippen molar-refractivity contribution in [2.45, 2.75) is 52.7 Å². The van der Waals surface area contributed by atoms with Gasteiger partial charge in [0.1, 0.15) is 11.2 Å². The number of hydrogen-bond donors (Lipinski definition) is 1. The Morgan fingerprint density at radius 2 is 1.35 bits per heavy atom. The van der Waals surface area contributed by atoms with Gasteiger partial charge in [-0.25, -0.2) is 20.0 Å². The summed E-state index contributed by atoms with van der Waals surface area (Å²) < 4.78 is 10.0. The molecule has 0 aromatic heterocycles. The van der Waals surface area contributed by atoms with Crippen LogP contribution in [-0.2, 0) is 9.47 Å². The van der Waals surface area contributed by atoms with Crippen LogP contribution >= 0.6 is 0 Å². The van der Waals surface area contributed by atoms with Crippen LogP contribution in [0.4, 0.5) is 9.59 Å². The van der Waals surface area contributed by atoms with Crippen molar-refractivity contribution in [2.75, 3.05) is 7.05 Å². The van der Waals surface area contributed by atoms with Crippen LogP contribution in [0.1, 0.15) is 41.5 Å². The zero-order valence-corrected chi connectivity index (χ0v) is 11.6. The van der Waals surface area contributed by atoms with Crippen molar-refractivity contribution in [3.63, 3.8) is 0 Å². The normalized spacial score (nSPS) is 11.7. The van der Waals surface area contributed by atoms with Gasteiger partial charge in [-0.1, -0.05) is 0 Å². The summed E-state index contributed by atoms with van der Waals surface area (Å²) in [5, 5.41) is 0.944. The molecule has 100 valence electrons. The van der Waals surface area contributed by atoms with Gasteiger partial charge in [-0.15, -0.1) is 0 Å². The molecule has 0 aliphatic heterocycles. The number of hydrazine groups is 1. The Kier molecular flexibility index (Phi) is 4.80. The summed E-state index contributed by atoms with van der Waals surface area (Å²) in [5.41, 5.74) is 1.03. The number of carbonyl (C=O) groups excluding carboxylic acids is 2. The lowest BCUT2D eigenvalue weighted by molar-refractivity contribution is 0.00751. The molecule has 0 fully saturated rings. The Bertz CT molecular complexity index is 289. The highest BCUT2D eigenvalue weighted by Gasteiger charge is 2.23. The molecule has 1 N–H and O–H groups in total. The van der Waals surface area contributed by atoms with E-state index in [-0.39, 0.29) is 0 Å². The molecule has 0 atom stereocenters. The number of amides is 2. The lowest BCUT2D eigenvalue weighted by atomic mass is 10.2. The van der Waals surface area contributed by atoms with Crippen LogP contribution in [0.3, 0.4) is 0 Å². The lowest BCUT2D eigenvalue weighted by Crippen LogP contribution is -2.47. The lowest BCUT2D eigenvalue weighted by Gasteiger charge is -2.26. The fourth-order valence-electron chi connectivity index (χ4n) is 0.814. The molecule has 17 heavy (non-hydrogen) atoms. The maximum absolute atomic E-state index is 11.5. The van der Waals surface area contributed by atoms with E-state index in [1.165, 1.54) is 7.05 Å². The average molecular weight is 246 g/mol. The van der Waals surface area contributed by atoms with E-state index in [0.29, 0.717) is 0 Å². The molecule has 0 heterocycles. The van der Waals surface area contributed by atoms with E-state index >= 15 is 0 Å². The Balaban J connectivity index is 4.22. The summed E-state index contributed by atoms with van der Waals surface area (Å²) in [5.74, 6) is 0. The number of nitrogens with zero attached hydrogens (tertiary/aromatic N) is 1. The van der Waals surface area contributed by atoms with Crippen molar-refractivity contribution in [2.24, 2.45) is 0 Å². The molecule has 0 rings (SSSR count). The Morgan fingerprint density at radius 1 is 0.941 bits per heavy atom. The highest BCUT2D eigenvalue weighted by atomic mass is 16.6. The smallest absolute Gasteiger partial charge is 0.429 e. The number of hydrogen-bond acceptors (Lipinski definition) is 4. The topological polar surface area (TPSA) is 67.9 Å². The Labute approximate surface area is 102 Å². The van der Waals surface area contributed by atoms with Crippen LogP contribution in [0.25, 0.3) is 0 Å². The van der Waals surface area contributed by atoms with Crippen LogP contribution in [0, 0.1) is 0 Å². The molecule has 0 aromatic carbocycles. The van der Waals surface area contributed by atoms with Gasteiger partial charge in [0.2, 0.25) is 0 Å². The number of carbonyl (C=O) groups is 2. The van der Waals surface area contributed by atoms with Gasteiger partial charge in [0, 0.05) is 7.05 Å². The third kappa shape index (κ3) is 8.36. The van der Waals surface area contributed by atoms with E-state index in [0.717, 1.165) is 5.01 Å². The number of ether oxygens (including phenoxy) is 2. The molecule has 6 nitrogen and oxygen atoms in total. The average Bonchev–Trinajstić information content (AvgIpc) is 1.95. The fraction of sp³-hybridized carbons (Fsp3) is 0.818. The first-order chi connectivity index (χ1) is 7.41. The molecular formula is C11H22N2O4. The summed E-state index contributed by atoms with van der Waals surface area (Å²) >= 11 is 0. The van der Waals surface area contributed by atoms with Crippen molar-refractivity contribution >= 4 is 12.2 Å². The minimum absolute atomic E-state index is 0.610. The minimum Gasteiger partial charge on any atom is -0.443 e. The predicted molar refractivity (Wildman–Crippen MR) is 63.4 cm³/mol. The van der Waals surface area contributed by atoms with Gasteiger partial charge in [-0.05, 0) is 41.5 Å². The summed E-state index contributed by atoms with van der Waals surface area (Å²) in [6.45, 7) is 10.4. The van der Waals surface area contributed by atoms with E-state index in [2.05, 4.69) is 5.43 Å². The monoisotopic (exact) mass is 246 g/mol. The number of rotatable bonds is 0. The SMILES string of the molecule is CN(NC(=O)OC(C)(C)C)C(=O)OC(C)(C)C. The highest BCUT2D eigenvalue weighted by Crippen LogP contribution is 2.09. The fourth-order valence-corrected chi connectivity index (χ4v) is 0.814. The molecule has 0 radical (unpaired) electrons. The molecule has 0 unspecified atom stereocenters. The third-order valence-electron chi connectivity index (χ3n) is 1.33. The molecular weight excluding hydrogens is 224 g/mol. The first-order valence-corrected chi connectivity index (χ1v) is 5.37. The maximum atomic E-state index is 11.5. The van der Waals surface area contributed by atoms with Crippen molar-refractivity contribution < 1.29 is 19.1 Å². The molecule has 6 heteroatoms. The molecule has 2 amide bonds. The van der Waals surface area contributed by atoms with Crippen molar-refractivity contribution in [1.29, 1.82) is 0 Å². The molecule has 0 saturated carbocycles. The molecule has 0 aromatic rings.